The van der Waals surface area contributed by atoms with E-state index in [0.717, 1.165) is 67.9 Å². The highest BCUT2D eigenvalue weighted by atomic mass is 15.0. The van der Waals surface area contributed by atoms with Gasteiger partial charge in [-0.15, -0.1) is 0 Å². The van der Waals surface area contributed by atoms with Crippen LogP contribution in [0.25, 0.3) is 112 Å². The molecule has 0 atom stereocenters. The Morgan fingerprint density at radius 3 is 0.825 bits per heavy atom. The Hall–Kier alpha value is -12.4. The van der Waals surface area contributed by atoms with Crippen LogP contribution < -0.4 is 22.8 Å². The molecule has 0 spiro atoms. The van der Waals surface area contributed by atoms with Crippen LogP contribution >= 0.6 is 0 Å². The SMILES string of the molecule is Cc1cc[n+](C)c(-c2c(C)ccc3c2C(C)(C)c2nc(C)ccc2-3)c1.Cc1cc[n+](C)c(-c2c(C)ccc3c2C(C)(C)c2nc(C)ccc2-3)c1.Cc1ccc2c(n1)C(C)(C)c1c-2ccc(C)c1-c1cc(C)c(C)c[n+]1C.[2H]C([2H])([2H])c1ccc(-c2c(C)ccc3c2C(C)(C)c2nc(C)ccc2-3)[n+](C)c1.[2H]C([2H])([2H])c1cccc(-c2c(C)ccc3c2C(C)(C)c2nc(C)ccc2-3)[n+]1C. The molecular weight excluding hydrogens is 1530 g/mol. The maximum Gasteiger partial charge on any atom is 0.213 e. The van der Waals surface area contributed by atoms with Gasteiger partial charge in [-0.25, -0.2) is 18.3 Å². The molecule has 0 saturated heterocycles. The molecule has 10 heteroatoms. The Morgan fingerprint density at radius 2 is 0.524 bits per heavy atom. The average Bonchev–Trinajstić information content (AvgIpc) is 1.58. The fraction of sp³-hybridized carbons (Fsp3) is 0.310. The third-order valence-electron chi connectivity index (χ3n) is 27.8. The summed E-state index contributed by atoms with van der Waals surface area (Å²) in [4.78, 5) is 24.5. The smallest absolute Gasteiger partial charge is 0.213 e. The summed E-state index contributed by atoms with van der Waals surface area (Å²) in [6.45, 7) is 48.3. The second-order valence-corrected chi connectivity index (χ2v) is 39.1. The first-order chi connectivity index (χ1) is 61.9. The molecule has 0 amide bonds. The fourth-order valence-corrected chi connectivity index (χ4v) is 21.1. The average molecular weight is 1670 g/mol. The van der Waals surface area contributed by atoms with Crippen LogP contribution in [-0.2, 0) is 62.3 Å². The molecule has 0 saturated carbocycles. The van der Waals surface area contributed by atoms with Crippen molar-refractivity contribution in [1.82, 2.24) is 24.9 Å². The van der Waals surface area contributed by atoms with E-state index in [4.69, 9.17) is 33.1 Å². The minimum atomic E-state index is -2.16. The van der Waals surface area contributed by atoms with Gasteiger partial charge in [0, 0.05) is 158 Å². The van der Waals surface area contributed by atoms with Crippen molar-refractivity contribution in [1.29, 1.82) is 0 Å². The maximum atomic E-state index is 7.89. The number of nitrogens with zero attached hydrogens (tertiary/aromatic N) is 10. The predicted octanol–water partition coefficient (Wildman–Crippen LogP) is 24.3. The standard InChI is InChI=1S/C24H27N2.4C23H25N2/c1-14-8-10-18-19-11-9-17(4)25-23(19)24(5,6)22(18)21(14)20-12-15(2)16(3)13-26(20)7;1-14-7-12-19(25(6)13-14)20-15(2)8-10-17-18-11-9-16(3)24-22(18)23(4,5)21(17)20;2*1-14-11-12-25(6)19(13-14)20-15(2)7-9-17-18-10-8-16(3)24-22(18)23(4,5)21(17)20;1-14-10-12-17-18-13-11-15(2)24-22(18)23(4,5)21(17)20(14)19-9-7-8-16(3)25(19)6/h8-13H,1-7H3;4*7-13H,1-6H3/q5*+1/i;1D3;;;3D3. The molecule has 10 aromatic heterocycles. The predicted molar refractivity (Wildman–Crippen MR) is 518 cm³/mol. The molecule has 0 N–H and O–H groups in total. The van der Waals surface area contributed by atoms with Gasteiger partial charge in [0.2, 0.25) is 28.5 Å². The van der Waals surface area contributed by atoms with E-state index in [1.54, 1.807) is 18.3 Å². The number of hydrogen-bond acceptors (Lipinski definition) is 5. The summed E-state index contributed by atoms with van der Waals surface area (Å²) in [7, 11) is 10.2. The van der Waals surface area contributed by atoms with Crippen molar-refractivity contribution in [2.45, 2.75) is 207 Å². The molecule has 636 valence electrons. The summed E-state index contributed by atoms with van der Waals surface area (Å²) in [6.07, 6.45) is 8.27. The van der Waals surface area contributed by atoms with Gasteiger partial charge >= 0.3 is 0 Å². The van der Waals surface area contributed by atoms with Crippen LogP contribution in [0.5, 0.6) is 0 Å². The van der Waals surface area contributed by atoms with E-state index in [1.807, 2.05) is 55.3 Å². The van der Waals surface area contributed by atoms with Gasteiger partial charge in [-0.2, -0.15) is 4.57 Å². The lowest BCUT2D eigenvalue weighted by Crippen LogP contribution is -2.35. The molecule has 20 rings (SSSR count). The topological polar surface area (TPSA) is 83.8 Å². The molecule has 10 heterocycles. The molecule has 5 aliphatic rings. The molecule has 5 aliphatic carbocycles. The fourth-order valence-electron chi connectivity index (χ4n) is 21.1. The van der Waals surface area contributed by atoms with Crippen molar-refractivity contribution >= 4 is 0 Å². The molecule has 0 radical (unpaired) electrons. The third-order valence-corrected chi connectivity index (χ3v) is 27.8. The van der Waals surface area contributed by atoms with E-state index >= 15 is 0 Å². The van der Waals surface area contributed by atoms with Crippen molar-refractivity contribution in [2.75, 3.05) is 0 Å². The lowest BCUT2D eigenvalue weighted by Gasteiger charge is -2.24. The number of benzene rings is 5. The zero-order valence-electron chi connectivity index (χ0n) is 85.6. The molecule has 0 fully saturated rings. The van der Waals surface area contributed by atoms with Gasteiger partial charge in [-0.1, -0.05) is 160 Å². The van der Waals surface area contributed by atoms with Crippen molar-refractivity contribution in [3.8, 4) is 112 Å². The van der Waals surface area contributed by atoms with Gasteiger partial charge in [-0.05, 0) is 246 Å². The van der Waals surface area contributed by atoms with Crippen molar-refractivity contribution in [3.05, 3.63) is 353 Å². The highest BCUT2D eigenvalue weighted by Crippen LogP contribution is 2.58. The highest BCUT2D eigenvalue weighted by molar-refractivity contribution is 5.93. The lowest BCUT2D eigenvalue weighted by atomic mass is 9.80. The Labute approximate surface area is 758 Å². The minimum absolute atomic E-state index is 0.102. The van der Waals surface area contributed by atoms with E-state index in [9.17, 15) is 0 Å². The van der Waals surface area contributed by atoms with E-state index in [2.05, 4.69) is 357 Å². The summed E-state index contributed by atoms with van der Waals surface area (Å²) in [5.74, 6) is 0. The second kappa shape index (κ2) is 31.9. The van der Waals surface area contributed by atoms with Crippen molar-refractivity contribution < 1.29 is 31.1 Å². The molecule has 0 unspecified atom stereocenters. The summed E-state index contributed by atoms with van der Waals surface area (Å²) in [6, 6.07) is 64.2. The zero-order chi connectivity index (χ0) is 95.5. The highest BCUT2D eigenvalue weighted by Gasteiger charge is 2.47. The van der Waals surface area contributed by atoms with Crippen molar-refractivity contribution in [2.24, 2.45) is 35.2 Å². The quantitative estimate of drug-likeness (QED) is 0.160. The van der Waals surface area contributed by atoms with Crippen LogP contribution in [0.1, 0.15) is 224 Å². The molecule has 10 nitrogen and oxygen atoms in total. The van der Waals surface area contributed by atoms with Gasteiger partial charge < -0.3 is 0 Å². The summed E-state index contributed by atoms with van der Waals surface area (Å²) >= 11 is 0. The number of pyridine rings is 10. The van der Waals surface area contributed by atoms with Crippen LogP contribution in [0.15, 0.2) is 207 Å². The third kappa shape index (κ3) is 14.5. The minimum Gasteiger partial charge on any atom is -0.257 e. The maximum absolute atomic E-state index is 7.89. The number of hydrogen-bond donors (Lipinski definition) is 0. The van der Waals surface area contributed by atoms with Crippen LogP contribution in [0, 0.1) is 111 Å². The zero-order valence-corrected chi connectivity index (χ0v) is 79.6. The first kappa shape index (κ1) is 79.5. The van der Waals surface area contributed by atoms with E-state index in [1.165, 1.54) is 179 Å². The van der Waals surface area contributed by atoms with Gasteiger partial charge in [0.1, 0.15) is 35.2 Å². The van der Waals surface area contributed by atoms with Crippen LogP contribution in [0.2, 0.25) is 0 Å². The van der Waals surface area contributed by atoms with Crippen LogP contribution in [0.4, 0.5) is 0 Å². The Morgan fingerprint density at radius 1 is 0.238 bits per heavy atom. The van der Waals surface area contributed by atoms with Crippen molar-refractivity contribution in [3.63, 3.8) is 0 Å². The molecule has 5 aromatic carbocycles. The second-order valence-electron chi connectivity index (χ2n) is 39.1. The van der Waals surface area contributed by atoms with Gasteiger partial charge in [0.25, 0.3) is 0 Å². The Bertz CT molecular complexity index is 7150. The van der Waals surface area contributed by atoms with Crippen LogP contribution in [-0.4, -0.2) is 24.9 Å². The molecule has 15 aromatic rings. The van der Waals surface area contributed by atoms with E-state index < -0.39 is 13.7 Å². The lowest BCUT2D eigenvalue weighted by molar-refractivity contribution is -0.666. The number of aryl methyl sites for hydroxylation is 20. The first-order valence-electron chi connectivity index (χ1n) is 47.4. The van der Waals surface area contributed by atoms with Gasteiger partial charge in [-0.3, -0.25) is 24.9 Å². The summed E-state index contributed by atoms with van der Waals surface area (Å²) < 4.78 is 57.2. The van der Waals surface area contributed by atoms with Gasteiger partial charge in [0.05, 0.1) is 56.3 Å². The summed E-state index contributed by atoms with van der Waals surface area (Å²) in [5, 5.41) is 0. The normalized spacial score (nSPS) is 15.2. The largest absolute Gasteiger partial charge is 0.257 e. The molecule has 0 bridgehead atoms. The molecule has 0 aliphatic heterocycles. The Balaban J connectivity index is 0.000000120. The molecule has 126 heavy (non-hydrogen) atoms. The number of fused-ring (bicyclic) bond motifs is 15. The Kier molecular flexibility index (Phi) is 20.1. The van der Waals surface area contributed by atoms with Crippen LogP contribution in [0.3, 0.4) is 0 Å². The van der Waals surface area contributed by atoms with E-state index in [0.29, 0.717) is 11.3 Å². The van der Waals surface area contributed by atoms with Gasteiger partial charge in [0.15, 0.2) is 30.5 Å². The number of aromatic nitrogens is 10. The first-order valence-corrected chi connectivity index (χ1v) is 44.4. The molecular formula is C116H127N10+5. The number of rotatable bonds is 5. The monoisotopic (exact) mass is 1670 g/mol. The summed E-state index contributed by atoms with van der Waals surface area (Å²) in [5.41, 5.74) is 53.8. The van der Waals surface area contributed by atoms with E-state index in [-0.39, 0.29) is 27.1 Å².